The largest absolute Gasteiger partial charge is 0.477 e. The highest BCUT2D eigenvalue weighted by Crippen LogP contribution is 2.19. The fourth-order valence-electron chi connectivity index (χ4n) is 0.734. The fraction of sp³-hybridized carbons (Fsp3) is 0.500. The van der Waals surface area contributed by atoms with Crippen molar-refractivity contribution in [3.05, 3.63) is 17.0 Å². The molecule has 1 aromatic heterocycles. The van der Waals surface area contributed by atoms with Crippen LogP contribution in [0.5, 0.6) is 5.88 Å². The molecule has 0 amide bonds. The summed E-state index contributed by atoms with van der Waals surface area (Å²) in [6.07, 6.45) is 2.49. The second-order valence-electron chi connectivity index (χ2n) is 2.42. The van der Waals surface area contributed by atoms with Crippen LogP contribution in [0.15, 0.2) is 6.20 Å². The fourth-order valence-corrected chi connectivity index (χ4v) is 0.880. The predicted octanol–water partition coefficient (Wildman–Crippen LogP) is 2.23. The lowest BCUT2D eigenvalue weighted by Gasteiger charge is -2.04. The van der Waals surface area contributed by atoms with E-state index < -0.39 is 0 Å². The van der Waals surface area contributed by atoms with Gasteiger partial charge in [-0.1, -0.05) is 18.5 Å². The van der Waals surface area contributed by atoms with Gasteiger partial charge in [0.25, 0.3) is 0 Å². The molecule has 0 aliphatic heterocycles. The van der Waals surface area contributed by atoms with Crippen LogP contribution >= 0.6 is 11.6 Å². The van der Waals surface area contributed by atoms with Crippen molar-refractivity contribution >= 4 is 11.6 Å². The Bertz CT molecular complexity index is 265. The van der Waals surface area contributed by atoms with E-state index >= 15 is 0 Å². The van der Waals surface area contributed by atoms with Crippen LogP contribution in [0.3, 0.4) is 0 Å². The number of aromatic nitrogens is 2. The van der Waals surface area contributed by atoms with Crippen molar-refractivity contribution < 1.29 is 4.74 Å². The molecule has 0 aromatic carbocycles. The minimum Gasteiger partial charge on any atom is -0.477 e. The van der Waals surface area contributed by atoms with Crippen LogP contribution in [-0.2, 0) is 0 Å². The van der Waals surface area contributed by atoms with Crippen LogP contribution in [-0.4, -0.2) is 16.6 Å². The minimum atomic E-state index is 0.467. The molecule has 12 heavy (non-hydrogen) atoms. The van der Waals surface area contributed by atoms with Gasteiger partial charge in [-0.25, -0.2) is 4.98 Å². The Morgan fingerprint density at radius 2 is 2.33 bits per heavy atom. The van der Waals surface area contributed by atoms with Gasteiger partial charge in [-0.15, -0.1) is 0 Å². The Kier molecular flexibility index (Phi) is 3.29. The molecule has 0 saturated heterocycles. The van der Waals surface area contributed by atoms with Crippen LogP contribution in [0.1, 0.15) is 19.2 Å². The maximum absolute atomic E-state index is 5.78. The third-order valence-electron chi connectivity index (χ3n) is 1.28. The first-order valence-corrected chi connectivity index (χ1v) is 4.23. The van der Waals surface area contributed by atoms with Crippen LogP contribution in [0.4, 0.5) is 0 Å². The first kappa shape index (κ1) is 9.26. The topological polar surface area (TPSA) is 35.0 Å². The van der Waals surface area contributed by atoms with E-state index in [0.29, 0.717) is 23.3 Å². The van der Waals surface area contributed by atoms with Crippen molar-refractivity contribution in [1.82, 2.24) is 9.97 Å². The van der Waals surface area contributed by atoms with Crippen LogP contribution < -0.4 is 4.74 Å². The maximum atomic E-state index is 5.78. The van der Waals surface area contributed by atoms with E-state index in [-0.39, 0.29) is 0 Å². The molecule has 66 valence electrons. The quantitative estimate of drug-likeness (QED) is 0.726. The summed E-state index contributed by atoms with van der Waals surface area (Å²) >= 11 is 5.78. The highest BCUT2D eigenvalue weighted by molar-refractivity contribution is 6.31. The summed E-state index contributed by atoms with van der Waals surface area (Å²) in [6.45, 7) is 4.47. The van der Waals surface area contributed by atoms with E-state index in [1.807, 2.05) is 6.92 Å². The van der Waals surface area contributed by atoms with Crippen molar-refractivity contribution in [1.29, 1.82) is 0 Å². The number of rotatable bonds is 3. The number of hydrogen-bond acceptors (Lipinski definition) is 3. The summed E-state index contributed by atoms with van der Waals surface area (Å²) < 4.78 is 5.28. The minimum absolute atomic E-state index is 0.467. The molecule has 0 saturated carbocycles. The Hall–Kier alpha value is -0.830. The molecule has 0 unspecified atom stereocenters. The van der Waals surface area contributed by atoms with E-state index in [2.05, 4.69) is 9.97 Å². The third kappa shape index (κ3) is 2.34. The second kappa shape index (κ2) is 4.26. The number of halogens is 1. The van der Waals surface area contributed by atoms with Gasteiger partial charge < -0.3 is 4.74 Å². The molecule has 0 spiro atoms. The zero-order valence-corrected chi connectivity index (χ0v) is 7.93. The Morgan fingerprint density at radius 3 is 3.00 bits per heavy atom. The molecule has 0 bridgehead atoms. The summed E-state index contributed by atoms with van der Waals surface area (Å²) in [5.41, 5.74) is 0. The van der Waals surface area contributed by atoms with Crippen molar-refractivity contribution in [3.8, 4) is 5.88 Å². The number of hydrogen-bond donors (Lipinski definition) is 0. The first-order chi connectivity index (χ1) is 5.74. The SMILES string of the molecule is CCCOc1nc(C)ncc1Cl. The zero-order chi connectivity index (χ0) is 8.97. The predicted molar refractivity (Wildman–Crippen MR) is 47.6 cm³/mol. The van der Waals surface area contributed by atoms with Crippen molar-refractivity contribution in [2.45, 2.75) is 20.3 Å². The molecule has 0 aliphatic rings. The number of aryl methyl sites for hydroxylation is 1. The Labute approximate surface area is 76.7 Å². The van der Waals surface area contributed by atoms with Gasteiger partial charge in [-0.2, -0.15) is 4.98 Å². The van der Waals surface area contributed by atoms with Crippen molar-refractivity contribution in [2.24, 2.45) is 0 Å². The summed E-state index contributed by atoms with van der Waals surface area (Å²) in [7, 11) is 0. The van der Waals surface area contributed by atoms with Gasteiger partial charge in [-0.05, 0) is 13.3 Å². The molecular weight excluding hydrogens is 176 g/mol. The summed E-state index contributed by atoms with van der Waals surface area (Å²) in [4.78, 5) is 7.97. The standard InChI is InChI=1S/C8H11ClN2O/c1-3-4-12-8-7(9)5-10-6(2)11-8/h5H,3-4H2,1-2H3. The second-order valence-corrected chi connectivity index (χ2v) is 2.83. The van der Waals surface area contributed by atoms with E-state index in [0.717, 1.165) is 6.42 Å². The molecule has 0 radical (unpaired) electrons. The summed E-state index contributed by atoms with van der Waals surface area (Å²) in [5, 5.41) is 0.467. The summed E-state index contributed by atoms with van der Waals surface area (Å²) in [6, 6.07) is 0. The van der Waals surface area contributed by atoms with Gasteiger partial charge in [0.2, 0.25) is 5.88 Å². The van der Waals surface area contributed by atoms with E-state index in [4.69, 9.17) is 16.3 Å². The van der Waals surface area contributed by atoms with Crippen LogP contribution in [0.2, 0.25) is 5.02 Å². The zero-order valence-electron chi connectivity index (χ0n) is 7.17. The van der Waals surface area contributed by atoms with Gasteiger partial charge in [0.15, 0.2) is 0 Å². The van der Waals surface area contributed by atoms with Crippen molar-refractivity contribution in [2.75, 3.05) is 6.61 Å². The molecule has 4 heteroatoms. The molecule has 0 N–H and O–H groups in total. The molecule has 1 aromatic rings. The molecule has 1 rings (SSSR count). The average Bonchev–Trinajstić information content (AvgIpc) is 2.07. The first-order valence-electron chi connectivity index (χ1n) is 3.86. The lowest BCUT2D eigenvalue weighted by Crippen LogP contribution is -1.99. The van der Waals surface area contributed by atoms with Gasteiger partial charge >= 0.3 is 0 Å². The molecular formula is C8H11ClN2O. The number of ether oxygens (including phenoxy) is 1. The number of nitrogens with zero attached hydrogens (tertiary/aromatic N) is 2. The Morgan fingerprint density at radius 1 is 1.58 bits per heavy atom. The van der Waals surface area contributed by atoms with E-state index in [1.54, 1.807) is 13.1 Å². The molecule has 3 nitrogen and oxygen atoms in total. The molecule has 0 fully saturated rings. The normalized spacial score (nSPS) is 9.92. The summed E-state index contributed by atoms with van der Waals surface area (Å²) in [5.74, 6) is 1.15. The third-order valence-corrected chi connectivity index (χ3v) is 1.53. The average molecular weight is 187 g/mol. The molecule has 0 atom stereocenters. The highest BCUT2D eigenvalue weighted by Gasteiger charge is 2.02. The van der Waals surface area contributed by atoms with E-state index in [1.165, 1.54) is 0 Å². The molecule has 0 aliphatic carbocycles. The Balaban J connectivity index is 2.75. The van der Waals surface area contributed by atoms with Gasteiger partial charge in [0.05, 0.1) is 12.8 Å². The van der Waals surface area contributed by atoms with Crippen LogP contribution in [0, 0.1) is 6.92 Å². The maximum Gasteiger partial charge on any atom is 0.235 e. The van der Waals surface area contributed by atoms with Crippen LogP contribution in [0.25, 0.3) is 0 Å². The lowest BCUT2D eigenvalue weighted by molar-refractivity contribution is 0.304. The monoisotopic (exact) mass is 186 g/mol. The van der Waals surface area contributed by atoms with Gasteiger partial charge in [0.1, 0.15) is 10.8 Å². The van der Waals surface area contributed by atoms with E-state index in [9.17, 15) is 0 Å². The van der Waals surface area contributed by atoms with Crippen molar-refractivity contribution in [3.63, 3.8) is 0 Å². The highest BCUT2D eigenvalue weighted by atomic mass is 35.5. The molecule has 1 heterocycles. The smallest absolute Gasteiger partial charge is 0.235 e. The van der Waals surface area contributed by atoms with Gasteiger partial charge in [-0.3, -0.25) is 0 Å². The van der Waals surface area contributed by atoms with Gasteiger partial charge in [0, 0.05) is 0 Å². The lowest BCUT2D eigenvalue weighted by atomic mass is 10.5.